The molecule has 0 heterocycles. The first kappa shape index (κ1) is 14.3. The van der Waals surface area contributed by atoms with Crippen molar-refractivity contribution in [1.29, 1.82) is 0 Å². The van der Waals surface area contributed by atoms with Crippen LogP contribution < -0.4 is 10.1 Å². The second-order valence-corrected chi connectivity index (χ2v) is 4.57. The number of aliphatic hydroxyl groups is 1. The highest BCUT2D eigenvalue weighted by Crippen LogP contribution is 2.33. The van der Waals surface area contributed by atoms with Crippen LogP contribution in [0.3, 0.4) is 0 Å². The van der Waals surface area contributed by atoms with Gasteiger partial charge in [0.25, 0.3) is 0 Å². The lowest BCUT2D eigenvalue weighted by molar-refractivity contribution is 0.133. The predicted molar refractivity (Wildman–Crippen MR) is 70.8 cm³/mol. The summed E-state index contributed by atoms with van der Waals surface area (Å²) >= 11 is 6.02. The van der Waals surface area contributed by atoms with E-state index in [0.29, 0.717) is 10.8 Å². The molecule has 96 valence electrons. The van der Waals surface area contributed by atoms with Crippen molar-refractivity contribution in [3.05, 3.63) is 28.3 Å². The first-order chi connectivity index (χ1) is 8.01. The predicted octanol–water partition coefficient (Wildman–Crippen LogP) is 2.69. The Bertz CT molecular complexity index is 382. The summed E-state index contributed by atoms with van der Waals surface area (Å²) in [5.74, 6) is 0.701. The van der Waals surface area contributed by atoms with Crippen molar-refractivity contribution >= 4 is 11.6 Å². The molecule has 0 fully saturated rings. The van der Waals surface area contributed by atoms with Crippen LogP contribution in [0.4, 0.5) is 0 Å². The molecular weight excluding hydrogens is 238 g/mol. The molecule has 1 aromatic rings. The molecule has 0 aliphatic heterocycles. The zero-order valence-electron chi connectivity index (χ0n) is 10.7. The lowest BCUT2D eigenvalue weighted by atomic mass is 10.00. The van der Waals surface area contributed by atoms with E-state index in [1.165, 1.54) is 0 Å². The second-order valence-electron chi connectivity index (χ2n) is 4.14. The molecule has 0 aromatic heterocycles. The van der Waals surface area contributed by atoms with E-state index in [2.05, 4.69) is 5.32 Å². The van der Waals surface area contributed by atoms with Crippen LogP contribution in [0.2, 0.25) is 5.02 Å². The van der Waals surface area contributed by atoms with Gasteiger partial charge in [0, 0.05) is 16.6 Å². The van der Waals surface area contributed by atoms with Crippen molar-refractivity contribution in [3.63, 3.8) is 0 Å². The number of ether oxygens (including phenoxy) is 1. The normalized spacial score (nSPS) is 14.5. The summed E-state index contributed by atoms with van der Waals surface area (Å²) < 4.78 is 5.33. The monoisotopic (exact) mass is 257 g/mol. The smallest absolute Gasteiger partial charge is 0.127 e. The van der Waals surface area contributed by atoms with E-state index >= 15 is 0 Å². The molecular formula is C13H20ClNO2. The molecule has 0 bridgehead atoms. The van der Waals surface area contributed by atoms with Gasteiger partial charge in [-0.25, -0.2) is 0 Å². The van der Waals surface area contributed by atoms with E-state index in [1.807, 2.05) is 26.8 Å². The van der Waals surface area contributed by atoms with E-state index in [-0.39, 0.29) is 6.04 Å². The van der Waals surface area contributed by atoms with Crippen molar-refractivity contribution in [2.45, 2.75) is 32.9 Å². The molecule has 0 amide bonds. The Kier molecular flexibility index (Phi) is 5.25. The van der Waals surface area contributed by atoms with Gasteiger partial charge in [-0.3, -0.25) is 0 Å². The summed E-state index contributed by atoms with van der Waals surface area (Å²) in [6, 6.07) is 3.53. The number of halogens is 1. The Hall–Kier alpha value is -0.770. The number of aryl methyl sites for hydroxylation is 1. The van der Waals surface area contributed by atoms with Crippen molar-refractivity contribution < 1.29 is 9.84 Å². The molecule has 2 unspecified atom stereocenters. The van der Waals surface area contributed by atoms with Crippen LogP contribution in [0.5, 0.6) is 5.75 Å². The van der Waals surface area contributed by atoms with Gasteiger partial charge in [0.2, 0.25) is 0 Å². The fourth-order valence-electron chi connectivity index (χ4n) is 1.96. The Morgan fingerprint density at radius 2 is 2.12 bits per heavy atom. The van der Waals surface area contributed by atoms with Crippen LogP contribution in [0.1, 0.15) is 31.1 Å². The van der Waals surface area contributed by atoms with Crippen molar-refractivity contribution in [3.8, 4) is 5.75 Å². The van der Waals surface area contributed by atoms with Gasteiger partial charge in [-0.1, -0.05) is 18.5 Å². The maximum atomic E-state index is 10.3. The minimum Gasteiger partial charge on any atom is -0.496 e. The maximum absolute atomic E-state index is 10.3. The average Bonchev–Trinajstić information content (AvgIpc) is 2.27. The summed E-state index contributed by atoms with van der Waals surface area (Å²) in [6.07, 6.45) is -0.637. The minimum absolute atomic E-state index is 0.0493. The summed E-state index contributed by atoms with van der Waals surface area (Å²) in [5.41, 5.74) is 1.66. The SMILES string of the molecule is CCNC(C)C(O)c1cc(Cl)cc(C)c1OC. The number of nitrogens with one attached hydrogen (secondary N) is 1. The lowest BCUT2D eigenvalue weighted by Gasteiger charge is -2.23. The fraction of sp³-hybridized carbons (Fsp3) is 0.538. The second kappa shape index (κ2) is 6.24. The highest BCUT2D eigenvalue weighted by molar-refractivity contribution is 6.30. The summed E-state index contributed by atoms with van der Waals surface area (Å²) in [4.78, 5) is 0. The number of rotatable bonds is 5. The largest absolute Gasteiger partial charge is 0.496 e. The van der Waals surface area contributed by atoms with Gasteiger partial charge >= 0.3 is 0 Å². The Morgan fingerprint density at radius 3 is 2.65 bits per heavy atom. The molecule has 2 N–H and O–H groups in total. The molecule has 4 heteroatoms. The van der Waals surface area contributed by atoms with Gasteiger partial charge in [-0.05, 0) is 38.1 Å². The molecule has 0 radical (unpaired) electrons. The number of hydrogen-bond donors (Lipinski definition) is 2. The van der Waals surface area contributed by atoms with Crippen LogP contribution in [-0.4, -0.2) is 24.8 Å². The molecule has 0 saturated heterocycles. The summed E-state index contributed by atoms with van der Waals surface area (Å²) in [5, 5.41) is 14.1. The van der Waals surface area contributed by atoms with E-state index in [0.717, 1.165) is 17.7 Å². The number of methoxy groups -OCH3 is 1. The third kappa shape index (κ3) is 3.35. The average molecular weight is 258 g/mol. The fourth-order valence-corrected chi connectivity index (χ4v) is 2.24. The summed E-state index contributed by atoms with van der Waals surface area (Å²) in [6.45, 7) is 6.66. The number of aliphatic hydroxyl groups excluding tert-OH is 1. The van der Waals surface area contributed by atoms with Crippen LogP contribution in [0, 0.1) is 6.92 Å². The lowest BCUT2D eigenvalue weighted by Crippen LogP contribution is -2.32. The molecule has 0 saturated carbocycles. The van der Waals surface area contributed by atoms with E-state index in [4.69, 9.17) is 16.3 Å². The molecule has 0 aliphatic rings. The summed E-state index contributed by atoms with van der Waals surface area (Å²) in [7, 11) is 1.60. The molecule has 0 aliphatic carbocycles. The standard InChI is InChI=1S/C13H20ClNO2/c1-5-15-9(3)12(16)11-7-10(14)6-8(2)13(11)17-4/h6-7,9,12,15-16H,5H2,1-4H3. The quantitative estimate of drug-likeness (QED) is 0.852. The van der Waals surface area contributed by atoms with Crippen LogP contribution >= 0.6 is 11.6 Å². The third-order valence-corrected chi connectivity index (χ3v) is 3.01. The highest BCUT2D eigenvalue weighted by atomic mass is 35.5. The third-order valence-electron chi connectivity index (χ3n) is 2.79. The van der Waals surface area contributed by atoms with Gasteiger partial charge in [0.15, 0.2) is 0 Å². The molecule has 3 nitrogen and oxygen atoms in total. The zero-order valence-corrected chi connectivity index (χ0v) is 11.5. The van der Waals surface area contributed by atoms with E-state index in [9.17, 15) is 5.11 Å². The Labute approximate surface area is 108 Å². The van der Waals surface area contributed by atoms with E-state index < -0.39 is 6.10 Å². The molecule has 0 spiro atoms. The van der Waals surface area contributed by atoms with Crippen molar-refractivity contribution in [1.82, 2.24) is 5.32 Å². The number of hydrogen-bond acceptors (Lipinski definition) is 3. The van der Waals surface area contributed by atoms with Gasteiger partial charge in [-0.15, -0.1) is 0 Å². The maximum Gasteiger partial charge on any atom is 0.127 e. The molecule has 1 rings (SSSR count). The van der Waals surface area contributed by atoms with Crippen LogP contribution in [-0.2, 0) is 0 Å². The number of likely N-dealkylation sites (N-methyl/N-ethyl adjacent to an activating group) is 1. The van der Waals surface area contributed by atoms with Crippen molar-refractivity contribution in [2.24, 2.45) is 0 Å². The number of benzene rings is 1. The van der Waals surface area contributed by atoms with Crippen LogP contribution in [0.15, 0.2) is 12.1 Å². The first-order valence-electron chi connectivity index (χ1n) is 5.76. The molecule has 17 heavy (non-hydrogen) atoms. The van der Waals surface area contributed by atoms with Crippen LogP contribution in [0.25, 0.3) is 0 Å². The van der Waals surface area contributed by atoms with Gasteiger partial charge in [0.05, 0.1) is 13.2 Å². The van der Waals surface area contributed by atoms with Gasteiger partial charge < -0.3 is 15.2 Å². The zero-order chi connectivity index (χ0) is 13.0. The molecule has 2 atom stereocenters. The first-order valence-corrected chi connectivity index (χ1v) is 6.14. The van der Waals surface area contributed by atoms with E-state index in [1.54, 1.807) is 13.2 Å². The topological polar surface area (TPSA) is 41.5 Å². The van der Waals surface area contributed by atoms with Crippen molar-refractivity contribution in [2.75, 3.05) is 13.7 Å². The Balaban J connectivity index is 3.11. The Morgan fingerprint density at radius 1 is 1.47 bits per heavy atom. The highest BCUT2D eigenvalue weighted by Gasteiger charge is 2.21. The molecule has 1 aromatic carbocycles. The minimum atomic E-state index is -0.637. The van der Waals surface area contributed by atoms with Gasteiger partial charge in [0.1, 0.15) is 5.75 Å². The van der Waals surface area contributed by atoms with Gasteiger partial charge in [-0.2, -0.15) is 0 Å².